The molecule has 0 bridgehead atoms. The number of carbonyl (C=O) groups is 3. The van der Waals surface area contributed by atoms with E-state index in [-0.39, 0.29) is 34.7 Å². The lowest BCUT2D eigenvalue weighted by atomic mass is 9.48. The van der Waals surface area contributed by atoms with E-state index >= 15 is 0 Å². The van der Waals surface area contributed by atoms with Gasteiger partial charge in [-0.05, 0) is 77.9 Å². The maximum Gasteiger partial charge on any atom is 0.303 e. The predicted octanol–water partition coefficient (Wildman–Crippen LogP) is 5.25. The number of halogens is 2. The van der Waals surface area contributed by atoms with E-state index in [1.165, 1.54) is 6.92 Å². The maximum absolute atomic E-state index is 12.8. The number of ether oxygens (including phenoxy) is 1. The first-order chi connectivity index (χ1) is 13.5. The van der Waals surface area contributed by atoms with Crippen LogP contribution in [0, 0.1) is 28.6 Å². The van der Waals surface area contributed by atoms with Gasteiger partial charge in [-0.1, -0.05) is 37.6 Å². The molecule has 0 amide bonds. The zero-order chi connectivity index (χ0) is 21.4. The third-order valence-electron chi connectivity index (χ3n) is 8.22. The molecule has 156 valence electrons. The Morgan fingerprint density at radius 2 is 1.83 bits per heavy atom. The maximum atomic E-state index is 12.8. The minimum atomic E-state index is -1.06. The number of rotatable bonds is 2. The lowest BCUT2D eigenvalue weighted by Crippen LogP contribution is -2.58. The van der Waals surface area contributed by atoms with Crippen molar-refractivity contribution in [3.05, 3.63) is 33.3 Å². The Kier molecular flexibility index (Phi) is 4.83. The van der Waals surface area contributed by atoms with E-state index in [1.807, 2.05) is 6.08 Å². The normalized spacial score (nSPS) is 43.3. The summed E-state index contributed by atoms with van der Waals surface area (Å²) in [5, 5.41) is 0.621. The van der Waals surface area contributed by atoms with E-state index in [9.17, 15) is 14.4 Å². The van der Waals surface area contributed by atoms with Crippen molar-refractivity contribution in [2.45, 2.75) is 59.0 Å². The first-order valence-corrected chi connectivity index (χ1v) is 11.4. The highest BCUT2D eigenvalue weighted by molar-refractivity contribution is 9.12. The largest absolute Gasteiger partial charge is 0.451 e. The van der Waals surface area contributed by atoms with Crippen LogP contribution in [0.15, 0.2) is 33.3 Å². The van der Waals surface area contributed by atoms with Crippen molar-refractivity contribution in [2.75, 3.05) is 0 Å². The highest BCUT2D eigenvalue weighted by Crippen LogP contribution is 2.67. The van der Waals surface area contributed by atoms with Gasteiger partial charge in [-0.25, -0.2) is 0 Å². The summed E-state index contributed by atoms with van der Waals surface area (Å²) in [6, 6.07) is 0. The molecule has 6 heteroatoms. The van der Waals surface area contributed by atoms with E-state index < -0.39 is 17.0 Å². The second-order valence-electron chi connectivity index (χ2n) is 9.47. The first kappa shape index (κ1) is 21.0. The van der Waals surface area contributed by atoms with E-state index in [2.05, 4.69) is 35.9 Å². The van der Waals surface area contributed by atoms with Gasteiger partial charge in [0.2, 0.25) is 0 Å². The Morgan fingerprint density at radius 3 is 2.45 bits per heavy atom. The summed E-state index contributed by atoms with van der Waals surface area (Å²) in [5.74, 6) is 0.0758. The minimum Gasteiger partial charge on any atom is -0.451 e. The number of hydrogen-bond donors (Lipinski definition) is 0. The summed E-state index contributed by atoms with van der Waals surface area (Å²) < 4.78 is 6.36. The Balaban J connectivity index is 1.81. The van der Waals surface area contributed by atoms with Crippen LogP contribution in [-0.4, -0.2) is 23.1 Å². The standard InChI is InChI=1S/C23H26BrClO4/c1-12(26)23(29-13(2)27)8-6-16-14-9-19(25)17-10-20(28)18(24)11-21(17,3)15(14)5-7-22(16,23)4/h9-11,14-16H,5-8H2,1-4H3/t14-,15+,16+,21-,22+,23+/m1/s1. The van der Waals surface area contributed by atoms with Crippen LogP contribution in [0.1, 0.15) is 53.4 Å². The molecule has 0 aromatic rings. The molecule has 0 radical (unpaired) electrons. The zero-order valence-electron chi connectivity index (χ0n) is 17.2. The summed E-state index contributed by atoms with van der Waals surface area (Å²) >= 11 is 10.1. The highest BCUT2D eigenvalue weighted by atomic mass is 79.9. The minimum absolute atomic E-state index is 0.0607. The fraction of sp³-hybridized carbons (Fsp3) is 0.609. The molecule has 0 unspecified atom stereocenters. The molecule has 29 heavy (non-hydrogen) atoms. The molecule has 2 saturated carbocycles. The lowest BCUT2D eigenvalue weighted by Gasteiger charge is -2.56. The molecule has 0 saturated heterocycles. The summed E-state index contributed by atoms with van der Waals surface area (Å²) in [4.78, 5) is 36.9. The zero-order valence-corrected chi connectivity index (χ0v) is 19.5. The Hall–Kier alpha value is -1.20. The summed E-state index contributed by atoms with van der Waals surface area (Å²) in [5.41, 5.74) is -0.950. The Bertz CT molecular complexity index is 918. The van der Waals surface area contributed by atoms with Crippen LogP contribution in [0.5, 0.6) is 0 Å². The van der Waals surface area contributed by atoms with Gasteiger partial charge < -0.3 is 4.74 Å². The van der Waals surface area contributed by atoms with Gasteiger partial charge in [-0.15, -0.1) is 0 Å². The third kappa shape index (κ3) is 2.72. The molecule has 4 aliphatic carbocycles. The monoisotopic (exact) mass is 480 g/mol. The van der Waals surface area contributed by atoms with Crippen molar-refractivity contribution in [1.29, 1.82) is 0 Å². The smallest absolute Gasteiger partial charge is 0.303 e. The van der Waals surface area contributed by atoms with Gasteiger partial charge in [0.25, 0.3) is 0 Å². The number of Topliss-reactive ketones (excluding diaryl/α,β-unsaturated/α-hetero) is 1. The number of hydrogen-bond acceptors (Lipinski definition) is 4. The van der Waals surface area contributed by atoms with Crippen molar-refractivity contribution in [3.8, 4) is 0 Å². The van der Waals surface area contributed by atoms with Gasteiger partial charge in [0.1, 0.15) is 0 Å². The molecular weight excluding hydrogens is 456 g/mol. The van der Waals surface area contributed by atoms with Gasteiger partial charge in [0.05, 0.1) is 4.48 Å². The molecule has 0 N–H and O–H groups in total. The molecule has 4 aliphatic rings. The molecule has 4 nitrogen and oxygen atoms in total. The number of carbonyl (C=O) groups excluding carboxylic acids is 3. The van der Waals surface area contributed by atoms with Crippen LogP contribution in [0.3, 0.4) is 0 Å². The molecule has 2 fully saturated rings. The van der Waals surface area contributed by atoms with E-state index in [0.29, 0.717) is 15.9 Å². The average Bonchev–Trinajstić information content (AvgIpc) is 2.91. The van der Waals surface area contributed by atoms with E-state index in [0.717, 1.165) is 24.8 Å². The molecule has 0 aromatic carbocycles. The number of esters is 1. The molecule has 0 heterocycles. The van der Waals surface area contributed by atoms with Crippen molar-refractivity contribution in [3.63, 3.8) is 0 Å². The van der Waals surface area contributed by atoms with Gasteiger partial charge in [-0.2, -0.15) is 0 Å². The molecule has 0 aromatic heterocycles. The van der Waals surface area contributed by atoms with Crippen molar-refractivity contribution in [1.82, 2.24) is 0 Å². The van der Waals surface area contributed by atoms with Gasteiger partial charge in [0.15, 0.2) is 17.2 Å². The second-order valence-corrected chi connectivity index (χ2v) is 10.7. The molecule has 0 aliphatic heterocycles. The highest BCUT2D eigenvalue weighted by Gasteiger charge is 2.67. The fourth-order valence-electron chi connectivity index (χ4n) is 6.85. The van der Waals surface area contributed by atoms with E-state index in [4.69, 9.17) is 16.3 Å². The summed E-state index contributed by atoms with van der Waals surface area (Å²) in [6.07, 6.45) is 8.78. The Morgan fingerprint density at radius 1 is 1.17 bits per heavy atom. The first-order valence-electron chi connectivity index (χ1n) is 10.2. The molecule has 6 atom stereocenters. The van der Waals surface area contributed by atoms with Crippen LogP contribution in [0.2, 0.25) is 0 Å². The number of fused-ring (bicyclic) bond motifs is 5. The van der Waals surface area contributed by atoms with Gasteiger partial charge in [0, 0.05) is 22.8 Å². The SMILES string of the molecule is CC(=O)O[C@]1(C(C)=O)CC[C@H]2[C@@H]3C=C(Cl)C4=CC(=O)C(Br)=C[C@]4(C)[C@H]3CC[C@@]21C. The second kappa shape index (κ2) is 6.65. The van der Waals surface area contributed by atoms with Crippen molar-refractivity contribution >= 4 is 45.1 Å². The third-order valence-corrected chi connectivity index (χ3v) is 9.17. The van der Waals surface area contributed by atoms with Crippen LogP contribution >= 0.6 is 27.5 Å². The fourth-order valence-corrected chi connectivity index (χ4v) is 7.84. The molecule has 4 rings (SSSR count). The van der Waals surface area contributed by atoms with Crippen LogP contribution in [0.4, 0.5) is 0 Å². The average molecular weight is 482 g/mol. The van der Waals surface area contributed by atoms with Gasteiger partial charge in [-0.3, -0.25) is 14.4 Å². The lowest BCUT2D eigenvalue weighted by molar-refractivity contribution is -0.184. The Labute approximate surface area is 184 Å². The quantitative estimate of drug-likeness (QED) is 0.505. The van der Waals surface area contributed by atoms with E-state index in [1.54, 1.807) is 13.0 Å². The van der Waals surface area contributed by atoms with Crippen LogP contribution in [-0.2, 0) is 19.1 Å². The molecule has 0 spiro atoms. The van der Waals surface area contributed by atoms with Crippen LogP contribution < -0.4 is 0 Å². The summed E-state index contributed by atoms with van der Waals surface area (Å²) in [7, 11) is 0. The van der Waals surface area contributed by atoms with Crippen molar-refractivity contribution in [2.24, 2.45) is 28.6 Å². The number of ketones is 2. The predicted molar refractivity (Wildman–Crippen MR) is 114 cm³/mol. The van der Waals surface area contributed by atoms with Gasteiger partial charge >= 0.3 is 5.97 Å². The molecular formula is C23H26BrClO4. The topological polar surface area (TPSA) is 60.4 Å². The summed E-state index contributed by atoms with van der Waals surface area (Å²) in [6.45, 7) is 7.18. The van der Waals surface area contributed by atoms with Crippen molar-refractivity contribution < 1.29 is 19.1 Å². The number of allylic oxidation sites excluding steroid dienone is 6. The van der Waals surface area contributed by atoms with Crippen LogP contribution in [0.25, 0.3) is 0 Å².